The Kier molecular flexibility index (Phi) is 3.02. The number of ether oxygens (including phenoxy) is 1. The van der Waals surface area contributed by atoms with E-state index in [1.807, 2.05) is 0 Å². The summed E-state index contributed by atoms with van der Waals surface area (Å²) >= 11 is 0. The van der Waals surface area contributed by atoms with Crippen molar-refractivity contribution in [2.45, 2.75) is 25.9 Å². The lowest BCUT2D eigenvalue weighted by Gasteiger charge is -2.21. The van der Waals surface area contributed by atoms with Gasteiger partial charge in [-0.25, -0.2) is 0 Å². The molecule has 0 aromatic heterocycles. The molecular formula is C8H14O3. The molecule has 0 radical (unpaired) electrons. The monoisotopic (exact) mass is 158 g/mol. The average Bonchev–Trinajstić information content (AvgIpc) is 2.05. The van der Waals surface area contributed by atoms with Gasteiger partial charge in [0.2, 0.25) is 0 Å². The molecule has 11 heavy (non-hydrogen) atoms. The van der Waals surface area contributed by atoms with Crippen molar-refractivity contribution in [3.63, 3.8) is 0 Å². The third-order valence-corrected chi connectivity index (χ3v) is 1.97. The minimum absolute atomic E-state index is 0.0660. The maximum absolute atomic E-state index is 11.2. The Hall–Kier alpha value is -0.410. The Morgan fingerprint density at radius 2 is 2.45 bits per heavy atom. The first-order chi connectivity index (χ1) is 5.22. The minimum atomic E-state index is -0.832. The van der Waals surface area contributed by atoms with E-state index < -0.39 is 6.10 Å². The summed E-state index contributed by atoms with van der Waals surface area (Å²) in [5.41, 5.74) is 0. The molecule has 1 aliphatic rings. The molecule has 0 amide bonds. The zero-order chi connectivity index (χ0) is 8.27. The van der Waals surface area contributed by atoms with Gasteiger partial charge in [0.1, 0.15) is 6.10 Å². The molecule has 1 heterocycles. The molecule has 1 saturated heterocycles. The second-order valence-corrected chi connectivity index (χ2v) is 2.99. The molecule has 2 atom stereocenters. The van der Waals surface area contributed by atoms with Crippen LogP contribution >= 0.6 is 0 Å². The average molecular weight is 158 g/mol. The second kappa shape index (κ2) is 3.83. The molecule has 1 rings (SSSR count). The number of hydrogen-bond acceptors (Lipinski definition) is 3. The van der Waals surface area contributed by atoms with Gasteiger partial charge in [-0.15, -0.1) is 0 Å². The van der Waals surface area contributed by atoms with E-state index in [0.717, 1.165) is 19.4 Å². The number of hydrogen-bond donors (Lipinski definition) is 1. The molecule has 0 aromatic carbocycles. The van der Waals surface area contributed by atoms with Gasteiger partial charge in [0.15, 0.2) is 5.78 Å². The predicted molar refractivity (Wildman–Crippen MR) is 40.2 cm³/mol. The van der Waals surface area contributed by atoms with Crippen molar-refractivity contribution in [2.24, 2.45) is 5.92 Å². The van der Waals surface area contributed by atoms with Crippen molar-refractivity contribution in [3.05, 3.63) is 0 Å². The van der Waals surface area contributed by atoms with Crippen molar-refractivity contribution in [2.75, 3.05) is 13.2 Å². The highest BCUT2D eigenvalue weighted by atomic mass is 16.5. The molecule has 3 nitrogen and oxygen atoms in total. The molecule has 2 unspecified atom stereocenters. The molecule has 64 valence electrons. The Labute approximate surface area is 66.4 Å². The van der Waals surface area contributed by atoms with Crippen LogP contribution in [0.15, 0.2) is 0 Å². The first-order valence-electron chi connectivity index (χ1n) is 4.01. The van der Waals surface area contributed by atoms with Crippen LogP contribution in [-0.2, 0) is 9.53 Å². The van der Waals surface area contributed by atoms with E-state index in [9.17, 15) is 4.79 Å². The molecule has 0 bridgehead atoms. The van der Waals surface area contributed by atoms with Crippen LogP contribution in [0.2, 0.25) is 0 Å². The third kappa shape index (κ3) is 2.27. The highest BCUT2D eigenvalue weighted by Gasteiger charge is 2.24. The number of carbonyl (C=O) groups is 1. The summed E-state index contributed by atoms with van der Waals surface area (Å²) < 4.78 is 5.12. The van der Waals surface area contributed by atoms with Crippen LogP contribution in [0.25, 0.3) is 0 Å². The van der Waals surface area contributed by atoms with Gasteiger partial charge >= 0.3 is 0 Å². The first-order valence-corrected chi connectivity index (χ1v) is 4.01. The summed E-state index contributed by atoms with van der Waals surface area (Å²) in [5.74, 6) is -0.145. The molecule has 0 aromatic rings. The van der Waals surface area contributed by atoms with E-state index >= 15 is 0 Å². The number of Topliss-reactive ketones (excluding diaryl/α,β-unsaturated/α-hetero) is 1. The van der Waals surface area contributed by atoms with Gasteiger partial charge in [-0.2, -0.15) is 0 Å². The molecule has 1 aliphatic heterocycles. The second-order valence-electron chi connectivity index (χ2n) is 2.99. The summed E-state index contributed by atoms with van der Waals surface area (Å²) in [6.07, 6.45) is 0.967. The Morgan fingerprint density at radius 3 is 2.91 bits per heavy atom. The van der Waals surface area contributed by atoms with Gasteiger partial charge in [0, 0.05) is 12.5 Å². The molecular weight excluding hydrogens is 144 g/mol. The molecule has 3 heteroatoms. The van der Waals surface area contributed by atoms with Crippen molar-refractivity contribution >= 4 is 5.78 Å². The van der Waals surface area contributed by atoms with E-state index in [4.69, 9.17) is 9.84 Å². The lowest BCUT2D eigenvalue weighted by molar-refractivity contribution is -0.134. The van der Waals surface area contributed by atoms with Crippen molar-refractivity contribution in [3.8, 4) is 0 Å². The van der Waals surface area contributed by atoms with Crippen LogP contribution in [0.4, 0.5) is 0 Å². The maximum atomic E-state index is 11.2. The fourth-order valence-corrected chi connectivity index (χ4v) is 1.31. The van der Waals surface area contributed by atoms with Crippen LogP contribution in [0.3, 0.4) is 0 Å². The molecule has 0 saturated carbocycles. The normalized spacial score (nSPS) is 28.0. The van der Waals surface area contributed by atoms with E-state index in [0.29, 0.717) is 6.61 Å². The topological polar surface area (TPSA) is 46.5 Å². The number of aliphatic hydroxyl groups is 1. The smallest absolute Gasteiger partial charge is 0.166 e. The van der Waals surface area contributed by atoms with Gasteiger partial charge < -0.3 is 9.84 Å². The molecule has 1 N–H and O–H groups in total. The quantitative estimate of drug-likeness (QED) is 0.631. The summed E-state index contributed by atoms with van der Waals surface area (Å²) in [7, 11) is 0. The minimum Gasteiger partial charge on any atom is -0.386 e. The van der Waals surface area contributed by atoms with Gasteiger partial charge in [-0.3, -0.25) is 4.79 Å². The highest BCUT2D eigenvalue weighted by Crippen LogP contribution is 2.15. The predicted octanol–water partition coefficient (Wildman–Crippen LogP) is 0.363. The SMILES string of the molecule is CC(O)C(=O)C1CCCOC1. The first kappa shape index (κ1) is 8.68. The number of carbonyl (C=O) groups excluding carboxylic acids is 1. The zero-order valence-corrected chi connectivity index (χ0v) is 6.75. The number of ketones is 1. The fraction of sp³-hybridized carbons (Fsp3) is 0.875. The van der Waals surface area contributed by atoms with Gasteiger partial charge in [0.05, 0.1) is 6.61 Å². The summed E-state index contributed by atoms with van der Waals surface area (Å²) in [6.45, 7) is 2.75. The van der Waals surface area contributed by atoms with E-state index in [1.54, 1.807) is 0 Å². The summed E-state index contributed by atoms with van der Waals surface area (Å²) in [4.78, 5) is 11.2. The summed E-state index contributed by atoms with van der Waals surface area (Å²) in [6, 6.07) is 0. The zero-order valence-electron chi connectivity index (χ0n) is 6.75. The van der Waals surface area contributed by atoms with Crippen LogP contribution in [0, 0.1) is 5.92 Å². The Balaban J connectivity index is 2.39. The third-order valence-electron chi connectivity index (χ3n) is 1.97. The van der Waals surface area contributed by atoms with Crippen LogP contribution < -0.4 is 0 Å². The summed E-state index contributed by atoms with van der Waals surface area (Å²) in [5, 5.41) is 8.97. The van der Waals surface area contributed by atoms with Gasteiger partial charge in [0.25, 0.3) is 0 Å². The largest absolute Gasteiger partial charge is 0.386 e. The molecule has 1 fully saturated rings. The van der Waals surface area contributed by atoms with Crippen LogP contribution in [0.1, 0.15) is 19.8 Å². The lowest BCUT2D eigenvalue weighted by atomic mass is 9.95. The maximum Gasteiger partial charge on any atom is 0.166 e. The van der Waals surface area contributed by atoms with Crippen LogP contribution in [-0.4, -0.2) is 30.2 Å². The van der Waals surface area contributed by atoms with E-state index in [2.05, 4.69) is 0 Å². The highest BCUT2D eigenvalue weighted by molar-refractivity contribution is 5.84. The number of rotatable bonds is 2. The Morgan fingerprint density at radius 1 is 1.73 bits per heavy atom. The molecule has 0 aliphatic carbocycles. The fourth-order valence-electron chi connectivity index (χ4n) is 1.31. The number of aliphatic hydroxyl groups excluding tert-OH is 1. The van der Waals surface area contributed by atoms with Gasteiger partial charge in [-0.1, -0.05) is 0 Å². The van der Waals surface area contributed by atoms with Crippen molar-refractivity contribution in [1.82, 2.24) is 0 Å². The molecule has 0 spiro atoms. The Bertz CT molecular complexity index is 136. The lowest BCUT2D eigenvalue weighted by Crippen LogP contribution is -2.31. The standard InChI is InChI=1S/C8H14O3/c1-6(9)8(10)7-3-2-4-11-5-7/h6-7,9H,2-5H2,1H3. The van der Waals surface area contributed by atoms with Crippen LogP contribution in [0.5, 0.6) is 0 Å². The van der Waals surface area contributed by atoms with E-state index in [-0.39, 0.29) is 11.7 Å². The van der Waals surface area contributed by atoms with Crippen molar-refractivity contribution in [1.29, 1.82) is 0 Å². The van der Waals surface area contributed by atoms with Gasteiger partial charge in [-0.05, 0) is 19.8 Å². The van der Waals surface area contributed by atoms with E-state index in [1.165, 1.54) is 6.92 Å². The van der Waals surface area contributed by atoms with Crippen molar-refractivity contribution < 1.29 is 14.6 Å².